The molecule has 0 saturated carbocycles. The minimum absolute atomic E-state index is 0.103. The molecule has 0 spiro atoms. The van der Waals surface area contributed by atoms with Crippen LogP contribution in [0.2, 0.25) is 10.0 Å². The molecule has 0 radical (unpaired) electrons. The van der Waals surface area contributed by atoms with Gasteiger partial charge in [0.1, 0.15) is 5.75 Å². The molecule has 29 heavy (non-hydrogen) atoms. The van der Waals surface area contributed by atoms with Crippen molar-refractivity contribution in [2.24, 2.45) is 0 Å². The first-order chi connectivity index (χ1) is 13.9. The summed E-state index contributed by atoms with van der Waals surface area (Å²) in [6.07, 6.45) is -0.274. The van der Waals surface area contributed by atoms with Crippen molar-refractivity contribution in [2.45, 2.75) is 19.8 Å². The molecule has 0 fully saturated rings. The number of esters is 1. The fourth-order valence-corrected chi connectivity index (χ4v) is 2.57. The van der Waals surface area contributed by atoms with Crippen molar-refractivity contribution in [1.29, 1.82) is 0 Å². The number of benzene rings is 2. The largest absolute Gasteiger partial charge is 0.492 e. The molecule has 2 rings (SSSR count). The smallest absolute Gasteiger partial charge is 0.306 e. The molecule has 0 heterocycles. The molecule has 0 aliphatic carbocycles. The number of para-hydroxylation sites is 2. The number of anilines is 2. The summed E-state index contributed by atoms with van der Waals surface area (Å²) in [5, 5.41) is 5.89. The number of ether oxygens (including phenoxy) is 2. The molecule has 0 aliphatic heterocycles. The summed E-state index contributed by atoms with van der Waals surface area (Å²) in [6.45, 7) is 1.82. The van der Waals surface area contributed by atoms with Gasteiger partial charge in [-0.1, -0.05) is 35.3 Å². The Morgan fingerprint density at radius 2 is 1.69 bits per heavy atom. The SMILES string of the molecule is CCOc1ccccc1NC(=O)COC(=O)CCC(=O)Nc1ccc(Cl)c(Cl)c1. The highest BCUT2D eigenvalue weighted by Gasteiger charge is 2.12. The Labute approximate surface area is 178 Å². The van der Waals surface area contributed by atoms with Crippen LogP contribution in [0.5, 0.6) is 5.75 Å². The highest BCUT2D eigenvalue weighted by molar-refractivity contribution is 6.42. The van der Waals surface area contributed by atoms with Crippen LogP contribution in [0.3, 0.4) is 0 Å². The van der Waals surface area contributed by atoms with Crippen LogP contribution in [0.4, 0.5) is 11.4 Å². The molecular weight excluding hydrogens is 419 g/mol. The number of carbonyl (C=O) groups excluding carboxylic acids is 3. The summed E-state index contributed by atoms with van der Waals surface area (Å²) >= 11 is 11.7. The van der Waals surface area contributed by atoms with E-state index in [1.165, 1.54) is 6.07 Å². The molecule has 2 amide bonds. The lowest BCUT2D eigenvalue weighted by Gasteiger charge is -2.11. The van der Waals surface area contributed by atoms with Crippen molar-refractivity contribution in [1.82, 2.24) is 0 Å². The summed E-state index contributed by atoms with van der Waals surface area (Å²) in [5.74, 6) is -1.04. The van der Waals surface area contributed by atoms with Gasteiger partial charge >= 0.3 is 5.97 Å². The molecule has 2 aromatic rings. The van der Waals surface area contributed by atoms with Crippen LogP contribution < -0.4 is 15.4 Å². The zero-order valence-electron chi connectivity index (χ0n) is 15.7. The van der Waals surface area contributed by atoms with Crippen molar-refractivity contribution < 1.29 is 23.9 Å². The summed E-state index contributed by atoms with van der Waals surface area (Å²) in [7, 11) is 0. The summed E-state index contributed by atoms with van der Waals surface area (Å²) in [5.41, 5.74) is 0.946. The average molecular weight is 439 g/mol. The van der Waals surface area contributed by atoms with Crippen LogP contribution in [0.1, 0.15) is 19.8 Å². The molecular formula is C20H20Cl2N2O5. The normalized spacial score (nSPS) is 10.2. The van der Waals surface area contributed by atoms with E-state index in [4.69, 9.17) is 32.7 Å². The third kappa shape index (κ3) is 7.63. The quantitative estimate of drug-likeness (QED) is 0.569. The van der Waals surface area contributed by atoms with E-state index in [-0.39, 0.29) is 12.8 Å². The van der Waals surface area contributed by atoms with E-state index in [1.807, 2.05) is 6.92 Å². The molecule has 0 unspecified atom stereocenters. The van der Waals surface area contributed by atoms with E-state index >= 15 is 0 Å². The Morgan fingerprint density at radius 3 is 2.41 bits per heavy atom. The van der Waals surface area contributed by atoms with Gasteiger partial charge < -0.3 is 20.1 Å². The first-order valence-electron chi connectivity index (χ1n) is 8.81. The predicted molar refractivity (Wildman–Crippen MR) is 112 cm³/mol. The standard InChI is InChI=1S/C20H20Cl2N2O5/c1-2-28-17-6-4-3-5-16(17)24-19(26)12-29-20(27)10-9-18(25)23-13-7-8-14(21)15(22)11-13/h3-8,11H,2,9-10,12H2,1H3,(H,23,25)(H,24,26). The molecule has 7 nitrogen and oxygen atoms in total. The van der Waals surface area contributed by atoms with Crippen LogP contribution in [0.25, 0.3) is 0 Å². The van der Waals surface area contributed by atoms with Gasteiger partial charge in [-0.25, -0.2) is 0 Å². The second kappa shape index (κ2) is 11.3. The highest BCUT2D eigenvalue weighted by atomic mass is 35.5. The number of rotatable bonds is 9. The zero-order chi connectivity index (χ0) is 21.2. The van der Waals surface area contributed by atoms with E-state index in [0.29, 0.717) is 33.8 Å². The van der Waals surface area contributed by atoms with Crippen molar-refractivity contribution >= 4 is 52.4 Å². The van der Waals surface area contributed by atoms with Gasteiger partial charge in [0.15, 0.2) is 6.61 Å². The maximum absolute atomic E-state index is 12.0. The Bertz CT molecular complexity index is 889. The fraction of sp³-hybridized carbons (Fsp3) is 0.250. The van der Waals surface area contributed by atoms with E-state index in [9.17, 15) is 14.4 Å². The minimum Gasteiger partial charge on any atom is -0.492 e. The summed E-state index contributed by atoms with van der Waals surface area (Å²) in [6, 6.07) is 11.6. The average Bonchev–Trinajstić information content (AvgIpc) is 2.69. The Kier molecular flexibility index (Phi) is 8.76. The monoisotopic (exact) mass is 438 g/mol. The second-order valence-electron chi connectivity index (χ2n) is 5.82. The molecule has 9 heteroatoms. The van der Waals surface area contributed by atoms with Crippen molar-refractivity contribution in [3.8, 4) is 5.75 Å². The van der Waals surface area contributed by atoms with Gasteiger partial charge in [0.2, 0.25) is 5.91 Å². The van der Waals surface area contributed by atoms with Gasteiger partial charge in [-0.15, -0.1) is 0 Å². The van der Waals surface area contributed by atoms with Crippen LogP contribution >= 0.6 is 23.2 Å². The third-order valence-electron chi connectivity index (χ3n) is 3.58. The van der Waals surface area contributed by atoms with Crippen LogP contribution in [0.15, 0.2) is 42.5 Å². The molecule has 2 aromatic carbocycles. The van der Waals surface area contributed by atoms with Crippen LogP contribution in [-0.4, -0.2) is 31.0 Å². The number of nitrogens with one attached hydrogen (secondary N) is 2. The number of amides is 2. The van der Waals surface area contributed by atoms with Gasteiger partial charge in [0.05, 0.1) is 28.8 Å². The van der Waals surface area contributed by atoms with Gasteiger partial charge in [-0.2, -0.15) is 0 Å². The molecule has 2 N–H and O–H groups in total. The minimum atomic E-state index is -0.664. The lowest BCUT2D eigenvalue weighted by Crippen LogP contribution is -2.22. The summed E-state index contributed by atoms with van der Waals surface area (Å²) < 4.78 is 10.3. The first kappa shape index (κ1) is 22.5. The third-order valence-corrected chi connectivity index (χ3v) is 4.32. The lowest BCUT2D eigenvalue weighted by molar-refractivity contribution is -0.147. The summed E-state index contributed by atoms with van der Waals surface area (Å²) in [4.78, 5) is 35.6. The number of carbonyl (C=O) groups is 3. The fourth-order valence-electron chi connectivity index (χ4n) is 2.27. The van der Waals surface area contributed by atoms with E-state index in [0.717, 1.165) is 0 Å². The maximum Gasteiger partial charge on any atom is 0.306 e. The van der Waals surface area contributed by atoms with E-state index in [2.05, 4.69) is 10.6 Å². The lowest BCUT2D eigenvalue weighted by atomic mass is 10.2. The Balaban J connectivity index is 1.73. The van der Waals surface area contributed by atoms with E-state index < -0.39 is 24.4 Å². The Morgan fingerprint density at radius 1 is 0.931 bits per heavy atom. The predicted octanol–water partition coefficient (Wildman–Crippen LogP) is 4.29. The van der Waals surface area contributed by atoms with Crippen molar-refractivity contribution in [2.75, 3.05) is 23.8 Å². The van der Waals surface area contributed by atoms with Crippen LogP contribution in [-0.2, 0) is 19.1 Å². The van der Waals surface area contributed by atoms with E-state index in [1.54, 1.807) is 36.4 Å². The van der Waals surface area contributed by atoms with Gasteiger partial charge in [-0.05, 0) is 37.3 Å². The molecule has 0 bridgehead atoms. The molecule has 0 atom stereocenters. The topological polar surface area (TPSA) is 93.7 Å². The number of hydrogen-bond donors (Lipinski definition) is 2. The van der Waals surface area contributed by atoms with Crippen molar-refractivity contribution in [3.05, 3.63) is 52.5 Å². The van der Waals surface area contributed by atoms with Crippen LogP contribution in [0, 0.1) is 0 Å². The molecule has 154 valence electrons. The van der Waals surface area contributed by atoms with Gasteiger partial charge in [0, 0.05) is 12.1 Å². The molecule has 0 aliphatic rings. The van der Waals surface area contributed by atoms with Crippen molar-refractivity contribution in [3.63, 3.8) is 0 Å². The molecule has 0 aromatic heterocycles. The Hall–Kier alpha value is -2.77. The maximum atomic E-state index is 12.0. The molecule has 0 saturated heterocycles. The van der Waals surface area contributed by atoms with Gasteiger partial charge in [-0.3, -0.25) is 14.4 Å². The first-order valence-corrected chi connectivity index (χ1v) is 9.57. The number of hydrogen-bond acceptors (Lipinski definition) is 5. The highest BCUT2D eigenvalue weighted by Crippen LogP contribution is 2.25. The zero-order valence-corrected chi connectivity index (χ0v) is 17.2. The van der Waals surface area contributed by atoms with Gasteiger partial charge in [0.25, 0.3) is 5.91 Å². The number of halogens is 2. The second-order valence-corrected chi connectivity index (χ2v) is 6.63.